The fraction of sp³-hybridized carbons (Fsp3) is 0.0769. The predicted octanol–water partition coefficient (Wildman–Crippen LogP) is 4.53. The minimum absolute atomic E-state index is 0.261. The molecule has 2 nitrogen and oxygen atoms in total. The highest BCUT2D eigenvalue weighted by atomic mass is 127. The van der Waals surface area contributed by atoms with Crippen molar-refractivity contribution in [3.8, 4) is 5.75 Å². The van der Waals surface area contributed by atoms with Crippen LogP contribution >= 0.6 is 38.5 Å². The summed E-state index contributed by atoms with van der Waals surface area (Å²) in [6.45, 7) is 0. The Balaban J connectivity index is 2.36. The van der Waals surface area contributed by atoms with E-state index in [9.17, 15) is 5.11 Å². The van der Waals surface area contributed by atoms with Crippen LogP contribution in [0.5, 0.6) is 5.75 Å². The van der Waals surface area contributed by atoms with Gasteiger partial charge >= 0.3 is 0 Å². The number of benzene rings is 2. The highest BCUT2D eigenvalue weighted by molar-refractivity contribution is 14.1. The summed E-state index contributed by atoms with van der Waals surface area (Å²) in [5.74, 6) is 0.261. The van der Waals surface area contributed by atoms with Crippen LogP contribution in [0.4, 0.5) is 11.4 Å². The summed E-state index contributed by atoms with van der Waals surface area (Å²) >= 11 is 5.74. The van der Waals surface area contributed by atoms with Crippen LogP contribution in [0.15, 0.2) is 46.9 Å². The molecule has 1 N–H and O–H groups in total. The van der Waals surface area contributed by atoms with Crippen molar-refractivity contribution < 1.29 is 5.11 Å². The van der Waals surface area contributed by atoms with Crippen LogP contribution in [0.3, 0.4) is 0 Å². The molecule has 2 aromatic carbocycles. The zero-order valence-electron chi connectivity index (χ0n) is 9.19. The Bertz CT molecular complexity index is 527. The highest BCUT2D eigenvalue weighted by Crippen LogP contribution is 2.33. The molecule has 0 spiro atoms. The van der Waals surface area contributed by atoms with Crippen LogP contribution in [-0.2, 0) is 0 Å². The normalized spacial score (nSPS) is 10.3. The van der Waals surface area contributed by atoms with Gasteiger partial charge in [0.1, 0.15) is 5.75 Å². The first-order valence-corrected chi connectivity index (χ1v) is 6.93. The van der Waals surface area contributed by atoms with Crippen LogP contribution in [0, 0.1) is 3.57 Å². The summed E-state index contributed by atoms with van der Waals surface area (Å²) in [6.07, 6.45) is 0. The number of aromatic hydroxyl groups is 1. The van der Waals surface area contributed by atoms with Crippen molar-refractivity contribution in [3.05, 3.63) is 50.5 Å². The van der Waals surface area contributed by atoms with Crippen molar-refractivity contribution in [1.82, 2.24) is 0 Å². The molecule has 0 unspecified atom stereocenters. The predicted molar refractivity (Wildman–Crippen MR) is 83.0 cm³/mol. The van der Waals surface area contributed by atoms with E-state index < -0.39 is 0 Å². The summed E-state index contributed by atoms with van der Waals surface area (Å²) in [5.41, 5.74) is 2.13. The van der Waals surface area contributed by atoms with Gasteiger partial charge in [-0.15, -0.1) is 0 Å². The number of rotatable bonds is 2. The standard InChI is InChI=1S/C13H11BrINO/c1-16(10-4-2-9(15)3-5-10)13-7-6-11(17)8-12(13)14/h2-8,17H,1H3. The molecule has 0 aliphatic heterocycles. The Labute approximate surface area is 123 Å². The number of hydrogen-bond donors (Lipinski definition) is 1. The van der Waals surface area contributed by atoms with Crippen LogP contribution in [0.2, 0.25) is 0 Å². The molecular formula is C13H11BrINO. The molecule has 0 aromatic heterocycles. The second-order valence-corrected chi connectivity index (χ2v) is 5.77. The van der Waals surface area contributed by atoms with Gasteiger partial charge in [-0.05, 0) is 81.0 Å². The Morgan fingerprint density at radius 3 is 2.35 bits per heavy atom. The molecular weight excluding hydrogens is 393 g/mol. The largest absolute Gasteiger partial charge is 0.508 e. The lowest BCUT2D eigenvalue weighted by Gasteiger charge is -2.21. The summed E-state index contributed by atoms with van der Waals surface area (Å²) in [5, 5.41) is 9.38. The van der Waals surface area contributed by atoms with E-state index in [1.807, 2.05) is 13.1 Å². The molecule has 2 aromatic rings. The quantitative estimate of drug-likeness (QED) is 0.744. The van der Waals surface area contributed by atoms with Crippen molar-refractivity contribution in [1.29, 1.82) is 0 Å². The van der Waals surface area contributed by atoms with Gasteiger partial charge in [-0.1, -0.05) is 0 Å². The SMILES string of the molecule is CN(c1ccc(I)cc1)c1ccc(O)cc1Br. The van der Waals surface area contributed by atoms with Gasteiger partial charge in [0.05, 0.1) is 5.69 Å². The summed E-state index contributed by atoms with van der Waals surface area (Å²) in [6, 6.07) is 13.5. The van der Waals surface area contributed by atoms with Gasteiger partial charge in [0, 0.05) is 20.8 Å². The van der Waals surface area contributed by atoms with Crippen molar-refractivity contribution in [2.45, 2.75) is 0 Å². The van der Waals surface area contributed by atoms with E-state index in [1.54, 1.807) is 12.1 Å². The van der Waals surface area contributed by atoms with Crippen LogP contribution in [-0.4, -0.2) is 12.2 Å². The van der Waals surface area contributed by atoms with Gasteiger partial charge in [-0.3, -0.25) is 0 Å². The Morgan fingerprint density at radius 2 is 1.76 bits per heavy atom. The van der Waals surface area contributed by atoms with Gasteiger partial charge < -0.3 is 10.0 Å². The molecule has 0 aliphatic rings. The van der Waals surface area contributed by atoms with E-state index in [0.717, 1.165) is 15.8 Å². The molecule has 0 heterocycles. The third-order valence-electron chi connectivity index (χ3n) is 2.51. The second kappa shape index (κ2) is 5.27. The summed E-state index contributed by atoms with van der Waals surface area (Å²) in [4.78, 5) is 2.07. The third-order valence-corrected chi connectivity index (χ3v) is 3.86. The van der Waals surface area contributed by atoms with E-state index in [2.05, 4.69) is 67.7 Å². The fourth-order valence-electron chi connectivity index (χ4n) is 1.57. The molecule has 0 saturated carbocycles. The second-order valence-electron chi connectivity index (χ2n) is 3.67. The van der Waals surface area contributed by atoms with Gasteiger partial charge in [0.15, 0.2) is 0 Å². The molecule has 0 amide bonds. The Hall–Kier alpha value is -0.750. The Morgan fingerprint density at radius 1 is 1.12 bits per heavy atom. The number of phenolic OH excluding ortho intramolecular Hbond substituents is 1. The molecule has 0 fully saturated rings. The average molecular weight is 404 g/mol. The van der Waals surface area contributed by atoms with Gasteiger partial charge in [0.2, 0.25) is 0 Å². The van der Waals surface area contributed by atoms with Crippen molar-refractivity contribution in [2.75, 3.05) is 11.9 Å². The van der Waals surface area contributed by atoms with E-state index >= 15 is 0 Å². The minimum atomic E-state index is 0.261. The molecule has 0 atom stereocenters. The lowest BCUT2D eigenvalue weighted by atomic mass is 10.2. The third kappa shape index (κ3) is 2.93. The highest BCUT2D eigenvalue weighted by Gasteiger charge is 2.08. The minimum Gasteiger partial charge on any atom is -0.508 e. The molecule has 4 heteroatoms. The van der Waals surface area contributed by atoms with E-state index in [4.69, 9.17) is 0 Å². The van der Waals surface area contributed by atoms with Gasteiger partial charge in [-0.25, -0.2) is 0 Å². The van der Waals surface area contributed by atoms with Crippen LogP contribution in [0.25, 0.3) is 0 Å². The maximum Gasteiger partial charge on any atom is 0.116 e. The fourth-order valence-corrected chi connectivity index (χ4v) is 2.56. The topological polar surface area (TPSA) is 23.5 Å². The molecule has 0 bridgehead atoms. The number of anilines is 2. The molecule has 2 rings (SSSR count). The molecule has 0 aliphatic carbocycles. The zero-order valence-corrected chi connectivity index (χ0v) is 12.9. The number of nitrogens with zero attached hydrogens (tertiary/aromatic N) is 1. The molecule has 0 saturated heterocycles. The molecule has 88 valence electrons. The molecule has 0 radical (unpaired) electrons. The lowest BCUT2D eigenvalue weighted by molar-refractivity contribution is 0.475. The number of hydrogen-bond acceptors (Lipinski definition) is 2. The molecule has 17 heavy (non-hydrogen) atoms. The summed E-state index contributed by atoms with van der Waals surface area (Å²) in [7, 11) is 2.00. The van der Waals surface area contributed by atoms with Gasteiger partial charge in [-0.2, -0.15) is 0 Å². The van der Waals surface area contributed by atoms with Crippen molar-refractivity contribution >= 4 is 49.9 Å². The summed E-state index contributed by atoms with van der Waals surface area (Å²) < 4.78 is 2.09. The van der Waals surface area contributed by atoms with E-state index in [1.165, 1.54) is 3.57 Å². The monoisotopic (exact) mass is 403 g/mol. The smallest absolute Gasteiger partial charge is 0.116 e. The average Bonchev–Trinajstić information content (AvgIpc) is 2.29. The lowest BCUT2D eigenvalue weighted by Crippen LogP contribution is -2.09. The first-order chi connectivity index (χ1) is 8.08. The van der Waals surface area contributed by atoms with Gasteiger partial charge in [0.25, 0.3) is 0 Å². The van der Waals surface area contributed by atoms with Crippen molar-refractivity contribution in [3.63, 3.8) is 0 Å². The maximum absolute atomic E-state index is 9.38. The van der Waals surface area contributed by atoms with Crippen molar-refractivity contribution in [2.24, 2.45) is 0 Å². The Kier molecular flexibility index (Phi) is 3.93. The zero-order chi connectivity index (χ0) is 12.4. The maximum atomic E-state index is 9.38. The first kappa shape index (κ1) is 12.7. The van der Waals surface area contributed by atoms with E-state index in [-0.39, 0.29) is 5.75 Å². The van der Waals surface area contributed by atoms with Crippen LogP contribution in [0.1, 0.15) is 0 Å². The van der Waals surface area contributed by atoms with E-state index in [0.29, 0.717) is 0 Å². The number of halogens is 2. The van der Waals surface area contributed by atoms with Crippen LogP contribution < -0.4 is 4.90 Å². The number of phenols is 1. The first-order valence-electron chi connectivity index (χ1n) is 5.06.